The van der Waals surface area contributed by atoms with Crippen LogP contribution >= 0.6 is 0 Å². The van der Waals surface area contributed by atoms with Crippen LogP contribution in [-0.2, 0) is 11.3 Å². The summed E-state index contributed by atoms with van der Waals surface area (Å²) in [6, 6.07) is 7.70. The Balaban J connectivity index is 1.53. The molecule has 0 spiro atoms. The normalized spacial score (nSPS) is 17.1. The minimum atomic E-state index is 0.0333. The van der Waals surface area contributed by atoms with Gasteiger partial charge in [-0.3, -0.25) is 9.69 Å². The first-order valence-corrected chi connectivity index (χ1v) is 11.3. The van der Waals surface area contributed by atoms with E-state index in [-0.39, 0.29) is 11.8 Å². The van der Waals surface area contributed by atoms with E-state index < -0.39 is 0 Å². The highest BCUT2D eigenvalue weighted by Crippen LogP contribution is 2.28. The van der Waals surface area contributed by atoms with E-state index in [9.17, 15) is 4.79 Å². The summed E-state index contributed by atoms with van der Waals surface area (Å²) in [6.07, 6.45) is 6.62. The number of carbonyl (C=O) groups is 1. The monoisotopic (exact) mass is 414 g/mol. The van der Waals surface area contributed by atoms with Crippen LogP contribution in [0.25, 0.3) is 11.4 Å². The van der Waals surface area contributed by atoms with Crippen LogP contribution in [0.3, 0.4) is 0 Å². The van der Waals surface area contributed by atoms with Crippen LogP contribution in [0.15, 0.2) is 28.8 Å². The highest BCUT2D eigenvalue weighted by atomic mass is 16.5. The Morgan fingerprint density at radius 1 is 1.27 bits per heavy atom. The average molecular weight is 415 g/mol. The number of benzene rings is 1. The third kappa shape index (κ3) is 6.29. The summed E-state index contributed by atoms with van der Waals surface area (Å²) < 4.78 is 11.2. The van der Waals surface area contributed by atoms with E-state index in [0.29, 0.717) is 24.9 Å². The Kier molecular flexibility index (Phi) is 8.68. The number of para-hydroxylation sites is 1. The number of likely N-dealkylation sites (tertiary alicyclic amines) is 1. The summed E-state index contributed by atoms with van der Waals surface area (Å²) in [7, 11) is 0. The lowest BCUT2D eigenvalue weighted by Crippen LogP contribution is -2.42. The highest BCUT2D eigenvalue weighted by Gasteiger charge is 2.26. The van der Waals surface area contributed by atoms with E-state index in [4.69, 9.17) is 9.26 Å². The minimum Gasteiger partial charge on any atom is -0.493 e. The van der Waals surface area contributed by atoms with Gasteiger partial charge in [0.1, 0.15) is 5.75 Å². The van der Waals surface area contributed by atoms with Gasteiger partial charge in [-0.05, 0) is 44.9 Å². The maximum atomic E-state index is 12.5. The Bertz CT molecular complexity index is 792. The van der Waals surface area contributed by atoms with Crippen LogP contribution in [0, 0.1) is 5.92 Å². The Hall–Kier alpha value is -2.41. The molecule has 164 valence electrons. The van der Waals surface area contributed by atoms with Crippen LogP contribution in [0.5, 0.6) is 5.75 Å². The molecule has 30 heavy (non-hydrogen) atoms. The lowest BCUT2D eigenvalue weighted by Gasteiger charge is -2.30. The van der Waals surface area contributed by atoms with Crippen LogP contribution < -0.4 is 10.1 Å². The fourth-order valence-corrected chi connectivity index (χ4v) is 3.87. The van der Waals surface area contributed by atoms with Gasteiger partial charge in [-0.2, -0.15) is 4.98 Å². The largest absolute Gasteiger partial charge is 0.493 e. The smallest absolute Gasteiger partial charge is 0.241 e. The molecule has 1 saturated heterocycles. The standard InChI is InChI=1S/C23H34N4O3/c1-3-5-6-9-14-24-23(28)18-11-10-15-27(16-18)17-21-25-22(26-30-21)19-12-7-8-13-20(19)29-4-2/h7-8,12-13,18H,3-6,9-11,14-17H2,1-2H3,(H,24,28). The van der Waals surface area contributed by atoms with Crippen LogP contribution in [0.4, 0.5) is 0 Å². The summed E-state index contributed by atoms with van der Waals surface area (Å²) in [6.45, 7) is 7.73. The molecule has 7 nitrogen and oxygen atoms in total. The first-order valence-electron chi connectivity index (χ1n) is 11.3. The first-order chi connectivity index (χ1) is 14.7. The topological polar surface area (TPSA) is 80.5 Å². The number of carbonyl (C=O) groups excluding carboxylic acids is 1. The highest BCUT2D eigenvalue weighted by molar-refractivity contribution is 5.78. The van der Waals surface area contributed by atoms with E-state index in [1.54, 1.807) is 0 Å². The zero-order valence-corrected chi connectivity index (χ0v) is 18.2. The SMILES string of the molecule is CCCCCCNC(=O)C1CCCN(Cc2nc(-c3ccccc3OCC)no2)C1. The number of hydrogen-bond donors (Lipinski definition) is 1. The molecule has 2 heterocycles. The molecule has 1 amide bonds. The van der Waals surface area contributed by atoms with Crippen molar-refractivity contribution >= 4 is 5.91 Å². The van der Waals surface area contributed by atoms with Crippen LogP contribution in [0.2, 0.25) is 0 Å². The second kappa shape index (κ2) is 11.7. The summed E-state index contributed by atoms with van der Waals surface area (Å²) in [5.74, 6) is 2.06. The van der Waals surface area contributed by atoms with Gasteiger partial charge in [-0.1, -0.05) is 43.5 Å². The lowest BCUT2D eigenvalue weighted by atomic mass is 9.97. The molecule has 1 aromatic carbocycles. The zero-order valence-electron chi connectivity index (χ0n) is 18.2. The van der Waals surface area contributed by atoms with E-state index in [1.807, 2.05) is 31.2 Å². The molecule has 7 heteroatoms. The molecule has 1 aromatic heterocycles. The molecule has 3 rings (SSSR count). The zero-order chi connectivity index (χ0) is 21.2. The molecule has 1 aliphatic rings. The second-order valence-electron chi connectivity index (χ2n) is 7.87. The fourth-order valence-electron chi connectivity index (χ4n) is 3.87. The molecule has 1 N–H and O–H groups in total. The third-order valence-electron chi connectivity index (χ3n) is 5.46. The maximum absolute atomic E-state index is 12.5. The van der Waals surface area contributed by atoms with Gasteiger partial charge in [-0.15, -0.1) is 0 Å². The molecule has 0 saturated carbocycles. The number of ether oxygens (including phenoxy) is 1. The molecular formula is C23H34N4O3. The van der Waals surface area contributed by atoms with E-state index in [2.05, 4.69) is 27.3 Å². The summed E-state index contributed by atoms with van der Waals surface area (Å²) in [5.41, 5.74) is 0.827. The number of unbranched alkanes of at least 4 members (excludes halogenated alkanes) is 3. The Morgan fingerprint density at radius 2 is 2.13 bits per heavy atom. The molecule has 1 atom stereocenters. The van der Waals surface area contributed by atoms with E-state index in [1.165, 1.54) is 19.3 Å². The molecule has 0 bridgehead atoms. The number of nitrogens with zero attached hydrogens (tertiary/aromatic N) is 3. The lowest BCUT2D eigenvalue weighted by molar-refractivity contribution is -0.126. The number of rotatable bonds is 11. The minimum absolute atomic E-state index is 0.0333. The number of nitrogens with one attached hydrogen (secondary N) is 1. The van der Waals surface area contributed by atoms with Gasteiger partial charge in [0.2, 0.25) is 17.6 Å². The van der Waals surface area contributed by atoms with Gasteiger partial charge < -0.3 is 14.6 Å². The van der Waals surface area contributed by atoms with Crippen LogP contribution in [-0.4, -0.2) is 47.2 Å². The molecule has 2 aromatic rings. The van der Waals surface area contributed by atoms with Gasteiger partial charge in [-0.25, -0.2) is 0 Å². The van der Waals surface area contributed by atoms with Crippen molar-refractivity contribution in [2.75, 3.05) is 26.2 Å². The van der Waals surface area contributed by atoms with Gasteiger partial charge in [0.05, 0.1) is 24.6 Å². The van der Waals surface area contributed by atoms with Crippen molar-refractivity contribution in [1.82, 2.24) is 20.4 Å². The molecule has 0 aliphatic carbocycles. The summed E-state index contributed by atoms with van der Waals surface area (Å²) in [5, 5.41) is 7.25. The molecular weight excluding hydrogens is 380 g/mol. The number of amides is 1. The van der Waals surface area contributed by atoms with Crippen molar-refractivity contribution in [2.45, 2.75) is 58.9 Å². The van der Waals surface area contributed by atoms with E-state index in [0.717, 1.165) is 50.2 Å². The van der Waals surface area contributed by atoms with Gasteiger partial charge in [0.15, 0.2) is 0 Å². The van der Waals surface area contributed by atoms with Crippen molar-refractivity contribution in [1.29, 1.82) is 0 Å². The average Bonchev–Trinajstić information content (AvgIpc) is 3.22. The Labute approximate surface area is 179 Å². The number of piperidine rings is 1. The fraction of sp³-hybridized carbons (Fsp3) is 0.609. The maximum Gasteiger partial charge on any atom is 0.241 e. The third-order valence-corrected chi connectivity index (χ3v) is 5.46. The van der Waals surface area contributed by atoms with Crippen LogP contribution in [0.1, 0.15) is 58.3 Å². The predicted octanol–water partition coefficient (Wildman–Crippen LogP) is 4.04. The first kappa shape index (κ1) is 22.3. The number of aromatic nitrogens is 2. The molecule has 0 radical (unpaired) electrons. The molecule has 1 unspecified atom stereocenters. The second-order valence-corrected chi connectivity index (χ2v) is 7.87. The van der Waals surface area contributed by atoms with Gasteiger partial charge >= 0.3 is 0 Å². The van der Waals surface area contributed by atoms with Crippen molar-refractivity contribution in [3.05, 3.63) is 30.2 Å². The molecule has 1 fully saturated rings. The van der Waals surface area contributed by atoms with Crippen molar-refractivity contribution in [2.24, 2.45) is 5.92 Å². The van der Waals surface area contributed by atoms with Gasteiger partial charge in [0.25, 0.3) is 0 Å². The quantitative estimate of drug-likeness (QED) is 0.559. The number of hydrogen-bond acceptors (Lipinski definition) is 6. The molecule has 1 aliphatic heterocycles. The summed E-state index contributed by atoms with van der Waals surface area (Å²) >= 11 is 0. The van der Waals surface area contributed by atoms with Crippen molar-refractivity contribution in [3.8, 4) is 17.1 Å². The Morgan fingerprint density at radius 3 is 2.97 bits per heavy atom. The summed E-state index contributed by atoms with van der Waals surface area (Å²) in [4.78, 5) is 19.3. The van der Waals surface area contributed by atoms with Crippen molar-refractivity contribution in [3.63, 3.8) is 0 Å². The van der Waals surface area contributed by atoms with Gasteiger partial charge in [0, 0.05) is 13.1 Å². The van der Waals surface area contributed by atoms with E-state index >= 15 is 0 Å². The van der Waals surface area contributed by atoms with Crippen molar-refractivity contribution < 1.29 is 14.1 Å². The predicted molar refractivity (Wildman–Crippen MR) is 116 cm³/mol.